The van der Waals surface area contributed by atoms with E-state index < -0.39 is 17.7 Å². The van der Waals surface area contributed by atoms with Gasteiger partial charge in [0.25, 0.3) is 0 Å². The minimum absolute atomic E-state index is 0.0286. The summed E-state index contributed by atoms with van der Waals surface area (Å²) >= 11 is 0. The lowest BCUT2D eigenvalue weighted by atomic mass is 9.99. The van der Waals surface area contributed by atoms with Gasteiger partial charge in [-0.05, 0) is 36.6 Å². The molecule has 2 N–H and O–H groups in total. The highest BCUT2D eigenvalue weighted by Crippen LogP contribution is 2.36. The molecule has 2 aromatic rings. The third-order valence-corrected chi connectivity index (χ3v) is 3.22. The van der Waals surface area contributed by atoms with Gasteiger partial charge in [0, 0.05) is 12.3 Å². The van der Waals surface area contributed by atoms with E-state index >= 15 is 0 Å². The average molecular weight is 262 g/mol. The molecule has 0 saturated carbocycles. The molecular formula is C14H12F2N2O. The van der Waals surface area contributed by atoms with E-state index in [4.69, 9.17) is 10.5 Å². The average Bonchev–Trinajstić information content (AvgIpc) is 2.40. The summed E-state index contributed by atoms with van der Waals surface area (Å²) in [5.41, 5.74) is 6.57. The highest BCUT2D eigenvalue weighted by atomic mass is 19.1. The fourth-order valence-electron chi connectivity index (χ4n) is 2.24. The summed E-state index contributed by atoms with van der Waals surface area (Å²) in [5, 5.41) is 0. The topological polar surface area (TPSA) is 48.1 Å². The number of pyridine rings is 1. The number of aryl methyl sites for hydroxylation is 1. The summed E-state index contributed by atoms with van der Waals surface area (Å²) < 4.78 is 32.7. The SMILES string of the molecule is Nc1cc2c(cc1F)CCC(c1ncccc1F)O2. The van der Waals surface area contributed by atoms with Crippen LogP contribution in [0.5, 0.6) is 5.75 Å². The van der Waals surface area contributed by atoms with Crippen LogP contribution >= 0.6 is 0 Å². The highest BCUT2D eigenvalue weighted by Gasteiger charge is 2.25. The van der Waals surface area contributed by atoms with E-state index in [1.54, 1.807) is 0 Å². The van der Waals surface area contributed by atoms with Crippen LogP contribution in [0.3, 0.4) is 0 Å². The normalized spacial score (nSPS) is 17.7. The molecule has 98 valence electrons. The Morgan fingerprint density at radius 2 is 2.11 bits per heavy atom. The Bertz CT molecular complexity index is 631. The molecule has 0 aliphatic carbocycles. The summed E-state index contributed by atoms with van der Waals surface area (Å²) in [5.74, 6) is -0.351. The smallest absolute Gasteiger partial charge is 0.148 e. The number of halogens is 2. The van der Waals surface area contributed by atoms with Gasteiger partial charge in [-0.3, -0.25) is 4.98 Å². The van der Waals surface area contributed by atoms with Crippen LogP contribution in [0, 0.1) is 11.6 Å². The number of anilines is 1. The van der Waals surface area contributed by atoms with Crippen LogP contribution in [0.15, 0.2) is 30.5 Å². The van der Waals surface area contributed by atoms with Crippen LogP contribution in [0.25, 0.3) is 0 Å². The van der Waals surface area contributed by atoms with Crippen LogP contribution in [0.1, 0.15) is 23.8 Å². The van der Waals surface area contributed by atoms with Crippen LogP contribution < -0.4 is 10.5 Å². The van der Waals surface area contributed by atoms with Crippen molar-refractivity contribution < 1.29 is 13.5 Å². The molecule has 2 heterocycles. The number of nitrogens with zero attached hydrogens (tertiary/aromatic N) is 1. The minimum atomic E-state index is -0.460. The Hall–Kier alpha value is -2.17. The molecule has 1 aliphatic rings. The van der Waals surface area contributed by atoms with Crippen molar-refractivity contribution in [2.24, 2.45) is 0 Å². The number of rotatable bonds is 1. The fraction of sp³-hybridized carbons (Fsp3) is 0.214. The number of benzene rings is 1. The number of ether oxygens (including phenoxy) is 1. The largest absolute Gasteiger partial charge is 0.484 e. The Labute approximate surface area is 109 Å². The first-order valence-corrected chi connectivity index (χ1v) is 6.00. The minimum Gasteiger partial charge on any atom is -0.484 e. The van der Waals surface area contributed by atoms with E-state index in [9.17, 15) is 8.78 Å². The highest BCUT2D eigenvalue weighted by molar-refractivity contribution is 5.50. The molecule has 0 amide bonds. The molecule has 0 radical (unpaired) electrons. The lowest BCUT2D eigenvalue weighted by molar-refractivity contribution is 0.167. The molecule has 0 saturated heterocycles. The first-order valence-electron chi connectivity index (χ1n) is 6.00. The van der Waals surface area contributed by atoms with Crippen molar-refractivity contribution in [1.29, 1.82) is 0 Å². The quantitative estimate of drug-likeness (QED) is 0.804. The van der Waals surface area contributed by atoms with E-state index in [2.05, 4.69) is 4.98 Å². The van der Waals surface area contributed by atoms with Gasteiger partial charge in [-0.15, -0.1) is 0 Å². The van der Waals surface area contributed by atoms with Crippen molar-refractivity contribution in [2.75, 3.05) is 5.73 Å². The summed E-state index contributed by atoms with van der Waals surface area (Å²) in [6.07, 6.45) is 2.23. The lowest BCUT2D eigenvalue weighted by Gasteiger charge is -2.26. The van der Waals surface area contributed by atoms with Gasteiger partial charge < -0.3 is 10.5 Å². The van der Waals surface area contributed by atoms with Crippen molar-refractivity contribution >= 4 is 5.69 Å². The second-order valence-electron chi connectivity index (χ2n) is 4.50. The number of nitrogen functional groups attached to an aromatic ring is 1. The van der Waals surface area contributed by atoms with Crippen molar-refractivity contribution in [3.8, 4) is 5.75 Å². The van der Waals surface area contributed by atoms with Crippen molar-refractivity contribution in [1.82, 2.24) is 4.98 Å². The molecular weight excluding hydrogens is 250 g/mol. The van der Waals surface area contributed by atoms with Crippen molar-refractivity contribution in [2.45, 2.75) is 18.9 Å². The molecule has 1 atom stereocenters. The zero-order valence-corrected chi connectivity index (χ0v) is 10.1. The van der Waals surface area contributed by atoms with Crippen LogP contribution in [0.4, 0.5) is 14.5 Å². The third-order valence-electron chi connectivity index (χ3n) is 3.22. The van der Waals surface area contributed by atoms with Crippen LogP contribution in [-0.2, 0) is 6.42 Å². The van der Waals surface area contributed by atoms with Gasteiger partial charge in [0.15, 0.2) is 0 Å². The predicted octanol–water partition coefficient (Wildman–Crippen LogP) is 3.01. The van der Waals surface area contributed by atoms with Crippen LogP contribution in [0.2, 0.25) is 0 Å². The second-order valence-corrected chi connectivity index (χ2v) is 4.50. The molecule has 1 unspecified atom stereocenters. The Kier molecular flexibility index (Phi) is 2.81. The van der Waals surface area contributed by atoms with Crippen molar-refractivity contribution in [3.05, 3.63) is 53.4 Å². The van der Waals surface area contributed by atoms with Crippen molar-refractivity contribution in [3.63, 3.8) is 0 Å². The van der Waals surface area contributed by atoms with Gasteiger partial charge >= 0.3 is 0 Å². The second kappa shape index (κ2) is 4.50. The van der Waals surface area contributed by atoms with Gasteiger partial charge in [-0.2, -0.15) is 0 Å². The molecule has 1 aliphatic heterocycles. The Balaban J connectivity index is 1.94. The maximum Gasteiger partial charge on any atom is 0.148 e. The van der Waals surface area contributed by atoms with E-state index in [1.807, 2.05) is 0 Å². The first kappa shape index (κ1) is 11.9. The summed E-state index contributed by atoms with van der Waals surface area (Å²) in [6.45, 7) is 0. The monoisotopic (exact) mass is 262 g/mol. The van der Waals surface area contributed by atoms with Gasteiger partial charge in [0.1, 0.15) is 29.2 Å². The molecule has 0 fully saturated rings. The Morgan fingerprint density at radius 3 is 2.89 bits per heavy atom. The molecule has 3 rings (SSSR count). The number of fused-ring (bicyclic) bond motifs is 1. The number of nitrogens with two attached hydrogens (primary N) is 1. The number of hydrogen-bond acceptors (Lipinski definition) is 3. The van der Waals surface area contributed by atoms with Gasteiger partial charge in [-0.1, -0.05) is 0 Å². The molecule has 0 spiro atoms. The molecule has 3 nitrogen and oxygen atoms in total. The van der Waals surface area contributed by atoms with E-state index in [0.717, 1.165) is 5.56 Å². The first-order chi connectivity index (χ1) is 9.15. The zero-order valence-electron chi connectivity index (χ0n) is 10.1. The number of aromatic nitrogens is 1. The van der Waals surface area contributed by atoms with E-state index in [-0.39, 0.29) is 11.4 Å². The summed E-state index contributed by atoms with van der Waals surface area (Å²) in [6, 6.07) is 5.69. The maximum atomic E-state index is 13.7. The molecule has 19 heavy (non-hydrogen) atoms. The molecule has 1 aromatic heterocycles. The van der Waals surface area contributed by atoms with Gasteiger partial charge in [0.2, 0.25) is 0 Å². The van der Waals surface area contributed by atoms with Gasteiger partial charge in [0.05, 0.1) is 5.69 Å². The number of hydrogen-bond donors (Lipinski definition) is 1. The molecule has 5 heteroatoms. The van der Waals surface area contributed by atoms with Gasteiger partial charge in [-0.25, -0.2) is 8.78 Å². The summed E-state index contributed by atoms with van der Waals surface area (Å²) in [7, 11) is 0. The summed E-state index contributed by atoms with van der Waals surface area (Å²) in [4.78, 5) is 4.01. The van der Waals surface area contributed by atoms with Crippen LogP contribution in [-0.4, -0.2) is 4.98 Å². The predicted molar refractivity (Wildman–Crippen MR) is 66.7 cm³/mol. The Morgan fingerprint density at radius 1 is 1.26 bits per heavy atom. The van der Waals surface area contributed by atoms with E-state index in [1.165, 1.54) is 30.5 Å². The lowest BCUT2D eigenvalue weighted by Crippen LogP contribution is -2.18. The zero-order chi connectivity index (χ0) is 13.4. The maximum absolute atomic E-state index is 13.7. The third kappa shape index (κ3) is 2.12. The molecule has 0 bridgehead atoms. The fourth-order valence-corrected chi connectivity index (χ4v) is 2.24. The van der Waals surface area contributed by atoms with E-state index in [0.29, 0.717) is 18.6 Å². The molecule has 1 aromatic carbocycles. The standard InChI is InChI=1S/C14H12F2N2O/c15-9-2-1-5-18-14(9)12-4-3-8-6-10(16)11(17)7-13(8)19-12/h1-2,5-7,12H,3-4,17H2.